The molecular formula is C12H19F3N2S. The van der Waals surface area contributed by atoms with Crippen molar-refractivity contribution in [3.05, 3.63) is 15.6 Å². The van der Waals surface area contributed by atoms with E-state index in [-0.39, 0.29) is 11.5 Å². The molecule has 0 aliphatic rings. The van der Waals surface area contributed by atoms with Crippen LogP contribution >= 0.6 is 11.3 Å². The molecule has 0 aromatic carbocycles. The molecule has 0 aliphatic heterocycles. The number of thiazole rings is 1. The van der Waals surface area contributed by atoms with E-state index < -0.39 is 12.7 Å². The van der Waals surface area contributed by atoms with Crippen LogP contribution in [0.1, 0.15) is 49.3 Å². The van der Waals surface area contributed by atoms with Crippen LogP contribution in [0.2, 0.25) is 0 Å². The van der Waals surface area contributed by atoms with Crippen molar-refractivity contribution in [3.63, 3.8) is 0 Å². The third-order valence-corrected chi connectivity index (χ3v) is 4.24. The Bertz CT molecular complexity index is 404. The molecule has 0 bridgehead atoms. The van der Waals surface area contributed by atoms with E-state index in [1.54, 1.807) is 6.92 Å². The third kappa shape index (κ3) is 4.24. The minimum atomic E-state index is -4.18. The van der Waals surface area contributed by atoms with Gasteiger partial charge in [-0.2, -0.15) is 13.2 Å². The number of nitrogens with zero attached hydrogens (tertiary/aromatic N) is 1. The molecular weight excluding hydrogens is 261 g/mol. The van der Waals surface area contributed by atoms with E-state index in [0.717, 1.165) is 15.6 Å². The topological polar surface area (TPSA) is 24.9 Å². The third-order valence-electron chi connectivity index (χ3n) is 2.48. The van der Waals surface area contributed by atoms with E-state index in [0.29, 0.717) is 0 Å². The number of halogens is 3. The zero-order chi connectivity index (χ0) is 14.1. The molecule has 0 aliphatic carbocycles. The van der Waals surface area contributed by atoms with Gasteiger partial charge in [-0.3, -0.25) is 0 Å². The molecule has 0 amide bonds. The Morgan fingerprint density at radius 2 is 1.83 bits per heavy atom. The van der Waals surface area contributed by atoms with Gasteiger partial charge in [-0.1, -0.05) is 20.8 Å². The lowest BCUT2D eigenvalue weighted by Crippen LogP contribution is -2.30. The molecule has 1 heterocycles. The highest BCUT2D eigenvalue weighted by Gasteiger charge is 2.29. The van der Waals surface area contributed by atoms with E-state index in [1.165, 1.54) is 11.3 Å². The maximum atomic E-state index is 12.2. The normalized spacial score (nSPS) is 14.9. The Labute approximate surface area is 110 Å². The quantitative estimate of drug-likeness (QED) is 0.906. The van der Waals surface area contributed by atoms with Crippen molar-refractivity contribution in [2.24, 2.45) is 0 Å². The van der Waals surface area contributed by atoms with Gasteiger partial charge in [-0.25, -0.2) is 4.98 Å². The molecule has 0 fully saturated rings. The lowest BCUT2D eigenvalue weighted by Gasteiger charge is -2.15. The second kappa shape index (κ2) is 5.17. The summed E-state index contributed by atoms with van der Waals surface area (Å²) in [5.74, 6) is 0. The van der Waals surface area contributed by atoms with Crippen LogP contribution in [0.25, 0.3) is 0 Å². The van der Waals surface area contributed by atoms with E-state index in [1.807, 2.05) is 27.7 Å². The van der Waals surface area contributed by atoms with Gasteiger partial charge in [0.2, 0.25) is 0 Å². The van der Waals surface area contributed by atoms with Gasteiger partial charge >= 0.3 is 6.18 Å². The maximum absolute atomic E-state index is 12.2. The van der Waals surface area contributed by atoms with E-state index in [9.17, 15) is 13.2 Å². The van der Waals surface area contributed by atoms with Gasteiger partial charge in [0.15, 0.2) is 0 Å². The first-order chi connectivity index (χ1) is 8.00. The molecule has 0 saturated carbocycles. The van der Waals surface area contributed by atoms with Crippen LogP contribution in [0.15, 0.2) is 0 Å². The van der Waals surface area contributed by atoms with E-state index in [4.69, 9.17) is 0 Å². The molecule has 0 saturated heterocycles. The number of alkyl halides is 3. The number of hydrogen-bond acceptors (Lipinski definition) is 3. The Balaban J connectivity index is 2.81. The SMILES string of the molecule is Cc1nc(C(C)(C)C)sc1C(C)NCC(F)(F)F. The summed E-state index contributed by atoms with van der Waals surface area (Å²) in [4.78, 5) is 5.32. The Hall–Kier alpha value is -0.620. The highest BCUT2D eigenvalue weighted by atomic mass is 32.1. The van der Waals surface area contributed by atoms with Crippen LogP contribution in [0.3, 0.4) is 0 Å². The summed E-state index contributed by atoms with van der Waals surface area (Å²) in [7, 11) is 0. The van der Waals surface area contributed by atoms with Crippen LogP contribution in [0, 0.1) is 6.92 Å². The first-order valence-corrected chi connectivity index (χ1v) is 6.60. The van der Waals surface area contributed by atoms with Gasteiger partial charge in [-0.15, -0.1) is 11.3 Å². The van der Waals surface area contributed by atoms with Crippen molar-refractivity contribution in [1.29, 1.82) is 0 Å². The predicted molar refractivity (Wildman–Crippen MR) is 68.0 cm³/mol. The fourth-order valence-electron chi connectivity index (χ4n) is 1.49. The van der Waals surface area contributed by atoms with Gasteiger partial charge in [0.1, 0.15) is 0 Å². The van der Waals surface area contributed by atoms with Crippen LogP contribution in [-0.4, -0.2) is 17.7 Å². The summed E-state index contributed by atoms with van der Waals surface area (Å²) in [6, 6.07) is -0.333. The van der Waals surface area contributed by atoms with E-state index in [2.05, 4.69) is 10.3 Å². The fraction of sp³-hybridized carbons (Fsp3) is 0.750. The summed E-state index contributed by atoms with van der Waals surface area (Å²) < 4.78 is 36.5. The van der Waals surface area contributed by atoms with Crippen molar-refractivity contribution in [2.45, 2.75) is 52.3 Å². The zero-order valence-electron chi connectivity index (χ0n) is 11.3. The zero-order valence-corrected chi connectivity index (χ0v) is 12.1. The average Bonchev–Trinajstić information content (AvgIpc) is 2.55. The van der Waals surface area contributed by atoms with Gasteiger partial charge in [0.25, 0.3) is 0 Å². The Kier molecular flexibility index (Phi) is 4.43. The summed E-state index contributed by atoms with van der Waals surface area (Å²) in [5.41, 5.74) is 0.740. The number of rotatable bonds is 3. The summed E-state index contributed by atoms with van der Waals surface area (Å²) >= 11 is 1.48. The second-order valence-electron chi connectivity index (χ2n) is 5.44. The maximum Gasteiger partial charge on any atom is 0.401 e. The number of aromatic nitrogens is 1. The molecule has 6 heteroatoms. The monoisotopic (exact) mass is 280 g/mol. The van der Waals surface area contributed by atoms with Crippen LogP contribution in [-0.2, 0) is 5.41 Å². The van der Waals surface area contributed by atoms with Gasteiger partial charge in [-0.05, 0) is 13.8 Å². The first kappa shape index (κ1) is 15.4. The number of nitrogens with one attached hydrogen (secondary N) is 1. The minimum absolute atomic E-state index is 0.0720. The predicted octanol–water partition coefficient (Wildman–Crippen LogP) is 3.96. The Morgan fingerprint density at radius 1 is 1.28 bits per heavy atom. The average molecular weight is 280 g/mol. The first-order valence-electron chi connectivity index (χ1n) is 5.78. The molecule has 1 rings (SSSR count). The highest BCUT2D eigenvalue weighted by molar-refractivity contribution is 7.12. The Morgan fingerprint density at radius 3 is 2.22 bits per heavy atom. The van der Waals surface area contributed by atoms with Crippen molar-refractivity contribution in [1.82, 2.24) is 10.3 Å². The largest absolute Gasteiger partial charge is 0.401 e. The van der Waals surface area contributed by atoms with Crippen molar-refractivity contribution < 1.29 is 13.2 Å². The summed E-state index contributed by atoms with van der Waals surface area (Å²) in [5, 5.41) is 3.44. The van der Waals surface area contributed by atoms with Gasteiger partial charge in [0.05, 0.1) is 17.2 Å². The minimum Gasteiger partial charge on any atom is -0.301 e. The summed E-state index contributed by atoms with van der Waals surface area (Å²) in [6.07, 6.45) is -4.18. The highest BCUT2D eigenvalue weighted by Crippen LogP contribution is 2.32. The standard InChI is InChI=1S/C12H19F3N2S/c1-7(16-6-12(13,14)15)9-8(2)17-10(18-9)11(3,4)5/h7,16H,6H2,1-5H3. The second-order valence-corrected chi connectivity index (χ2v) is 6.47. The lowest BCUT2D eigenvalue weighted by molar-refractivity contribution is -0.126. The summed E-state index contributed by atoms with van der Waals surface area (Å²) in [6.45, 7) is 8.73. The molecule has 1 atom stereocenters. The van der Waals surface area contributed by atoms with Crippen LogP contribution < -0.4 is 5.32 Å². The van der Waals surface area contributed by atoms with Crippen molar-refractivity contribution >= 4 is 11.3 Å². The van der Waals surface area contributed by atoms with Crippen molar-refractivity contribution in [3.8, 4) is 0 Å². The molecule has 2 nitrogen and oxygen atoms in total. The molecule has 1 aromatic rings. The van der Waals surface area contributed by atoms with Gasteiger partial charge < -0.3 is 5.32 Å². The van der Waals surface area contributed by atoms with Crippen LogP contribution in [0.4, 0.5) is 13.2 Å². The number of hydrogen-bond donors (Lipinski definition) is 1. The molecule has 18 heavy (non-hydrogen) atoms. The van der Waals surface area contributed by atoms with E-state index >= 15 is 0 Å². The van der Waals surface area contributed by atoms with Gasteiger partial charge in [0, 0.05) is 16.3 Å². The van der Waals surface area contributed by atoms with Crippen molar-refractivity contribution in [2.75, 3.05) is 6.54 Å². The molecule has 1 aromatic heterocycles. The smallest absolute Gasteiger partial charge is 0.301 e. The lowest BCUT2D eigenvalue weighted by atomic mass is 9.98. The molecule has 1 unspecified atom stereocenters. The molecule has 0 spiro atoms. The fourth-order valence-corrected chi connectivity index (χ4v) is 2.64. The molecule has 0 radical (unpaired) electrons. The number of aryl methyl sites for hydroxylation is 1. The molecule has 1 N–H and O–H groups in total. The van der Waals surface area contributed by atoms with Crippen LogP contribution in [0.5, 0.6) is 0 Å². The molecule has 104 valence electrons.